The van der Waals surface area contributed by atoms with Gasteiger partial charge in [0, 0.05) is 65.8 Å². The molecule has 7 rings (SSSR count). The fourth-order valence-corrected chi connectivity index (χ4v) is 9.53. The number of halogens is 2. The van der Waals surface area contributed by atoms with Crippen LogP contribution in [0.4, 0.5) is 22.7 Å². The number of nitrogens with one attached hydrogen (secondary N) is 3. The predicted molar refractivity (Wildman–Crippen MR) is 313 cm³/mol. The van der Waals surface area contributed by atoms with E-state index >= 15 is 0 Å². The summed E-state index contributed by atoms with van der Waals surface area (Å²) < 4.78 is 49.4. The van der Waals surface area contributed by atoms with E-state index in [1.165, 1.54) is 43.2 Å². The molecule has 0 aliphatic carbocycles. The van der Waals surface area contributed by atoms with Gasteiger partial charge >= 0.3 is 11.9 Å². The number of aromatic nitrogens is 6. The van der Waals surface area contributed by atoms with Gasteiger partial charge in [0.1, 0.15) is 11.4 Å². The molecule has 2 atom stereocenters. The van der Waals surface area contributed by atoms with Crippen molar-refractivity contribution in [3.8, 4) is 28.4 Å². The first-order chi connectivity index (χ1) is 38.4. The Kier molecular flexibility index (Phi) is 23.8. The topological polar surface area (TPSA) is 297 Å². The molecule has 0 aliphatic rings. The molecule has 0 fully saturated rings. The number of ether oxygens (including phenoxy) is 3. The molecule has 0 spiro atoms. The number of carbonyl (C=O) groups is 2. The van der Waals surface area contributed by atoms with E-state index in [1.54, 1.807) is 98.8 Å². The quantitative estimate of drug-likeness (QED) is 0.0176. The van der Waals surface area contributed by atoms with Crippen molar-refractivity contribution in [3.05, 3.63) is 165 Å². The average molecular weight is 1270 g/mol. The third kappa shape index (κ3) is 18.9. The Morgan fingerprint density at radius 3 is 1.65 bits per heavy atom. The van der Waals surface area contributed by atoms with Crippen molar-refractivity contribution in [2.75, 3.05) is 51.2 Å². The zero-order chi connectivity index (χ0) is 59.6. The van der Waals surface area contributed by atoms with E-state index in [-0.39, 0.29) is 40.3 Å². The molecule has 0 radical (unpaired) electrons. The molecule has 0 amide bonds. The Morgan fingerprint density at radius 2 is 1.20 bits per heavy atom. The zero-order valence-corrected chi connectivity index (χ0v) is 50.1. The number of benzene rings is 3. The highest BCUT2D eigenvalue weighted by Gasteiger charge is 2.20. The van der Waals surface area contributed by atoms with Gasteiger partial charge in [-0.15, -0.1) is 0 Å². The van der Waals surface area contributed by atoms with E-state index in [9.17, 15) is 43.0 Å². The van der Waals surface area contributed by atoms with Crippen molar-refractivity contribution in [2.45, 2.75) is 65.2 Å². The molecule has 0 unspecified atom stereocenters. The predicted octanol–water partition coefficient (Wildman–Crippen LogP) is 10.9. The number of hydrogen-bond acceptors (Lipinski definition) is 18. The summed E-state index contributed by atoms with van der Waals surface area (Å²) >= 11 is 6.67. The minimum Gasteiger partial charge on any atom is -0.477 e. The molecule has 0 aliphatic heterocycles. The fraction of sp³-hybridized carbons (Fsp3) is 0.345. The molecule has 26 heteroatoms. The summed E-state index contributed by atoms with van der Waals surface area (Å²) in [6.07, 6.45) is 6.15. The highest BCUT2D eigenvalue weighted by molar-refractivity contribution is 9.10. The Labute approximate surface area is 485 Å². The molecular weight excluding hydrogens is 1200 g/mol. The van der Waals surface area contributed by atoms with Crippen LogP contribution in [0.2, 0.25) is 0 Å². The van der Waals surface area contributed by atoms with Crippen LogP contribution in [0.5, 0.6) is 5.88 Å². The third-order valence-corrected chi connectivity index (χ3v) is 14.5. The maximum atomic E-state index is 12.1. The molecule has 432 valence electrons. The van der Waals surface area contributed by atoms with Crippen molar-refractivity contribution in [2.24, 2.45) is 25.9 Å². The number of nitro benzene ring substituents is 2. The Morgan fingerprint density at radius 1 is 0.716 bits per heavy atom. The third-order valence-electron chi connectivity index (χ3n) is 12.2. The van der Waals surface area contributed by atoms with E-state index in [1.807, 2.05) is 20.8 Å². The van der Waals surface area contributed by atoms with Crippen LogP contribution in [0.3, 0.4) is 0 Å². The first-order valence-electron chi connectivity index (χ1n) is 25.3. The van der Waals surface area contributed by atoms with Gasteiger partial charge in [0.05, 0.1) is 82.0 Å². The van der Waals surface area contributed by atoms with E-state index in [4.69, 9.17) is 13.7 Å². The van der Waals surface area contributed by atoms with E-state index in [0.717, 1.165) is 33.8 Å². The largest absolute Gasteiger partial charge is 0.477 e. The van der Waals surface area contributed by atoms with Crippen molar-refractivity contribution in [3.63, 3.8) is 0 Å². The van der Waals surface area contributed by atoms with Crippen LogP contribution in [-0.4, -0.2) is 100 Å². The van der Waals surface area contributed by atoms with Gasteiger partial charge in [0.15, 0.2) is 0 Å². The Bertz CT molecular complexity index is 3500. The zero-order valence-electron chi connectivity index (χ0n) is 46.2. The number of esters is 2. The summed E-state index contributed by atoms with van der Waals surface area (Å²) in [6, 6.07) is 22.6. The van der Waals surface area contributed by atoms with Crippen LogP contribution in [0, 0.1) is 52.8 Å². The SMILES string of the molecule is COC(=O)c1cc(C)nc(-c2c[nH]n(C)c2=O)c1.COC(=O)c1cc(C)nc(-c2cnn(C)c2OCCC[C@@H](C)CNc2cc(Br)ccc2[N+](=O)[O-])c1.Cc1ccc(S(=O)(=O)OCCC[C@@H](C)CNc2cc(Br)ccc2[N+](=O)[O-])cc1. The monoisotopic (exact) mass is 1260 g/mol. The normalized spacial score (nSPS) is 11.7. The second-order valence-electron chi connectivity index (χ2n) is 18.8. The van der Waals surface area contributed by atoms with Gasteiger partial charge in [-0.05, 0) is 119 Å². The van der Waals surface area contributed by atoms with Crippen LogP contribution in [-0.2, 0) is 37.9 Å². The molecule has 23 nitrogen and oxygen atoms in total. The maximum Gasteiger partial charge on any atom is 0.337 e. The van der Waals surface area contributed by atoms with Gasteiger partial charge in [0.25, 0.3) is 27.1 Å². The minimum absolute atomic E-state index is 0.0166. The standard InChI is InChI=1S/C24H28BrN5O5.C19H23BrN2O5S.C12H13N3O3/c1-15(13-26-21-12-18(25)7-8-22(21)30(32)33)6-5-9-35-23-19(14-27-29(23)3)20-11-17(24(31)34-4)10-16(2)28-20;1-14-5-8-17(9-6-14)28(25,26)27-11-3-4-15(2)13-21-18-12-16(20)7-10-19(18)22(23)24;1-7-4-8(12(17)18-3)5-10(14-7)9-6-13-15(2)11(9)16/h7-8,10-12,14-15,26H,5-6,9,13H2,1-4H3;5-10,12,15,21H,3-4,11,13H2,1-2H3;4-6,13H,1-3H3/t2*15-;/m11./s1. The Hall–Kier alpha value is -7.81. The summed E-state index contributed by atoms with van der Waals surface area (Å²) in [4.78, 5) is 65.7. The van der Waals surface area contributed by atoms with Gasteiger partial charge in [-0.2, -0.15) is 13.5 Å². The lowest BCUT2D eigenvalue weighted by atomic mass is 10.1. The number of aryl methyl sites for hydroxylation is 5. The smallest absolute Gasteiger partial charge is 0.337 e. The lowest BCUT2D eigenvalue weighted by Crippen LogP contribution is -2.14. The van der Waals surface area contributed by atoms with Crippen LogP contribution in [0.1, 0.15) is 77.2 Å². The number of hydrogen-bond donors (Lipinski definition) is 3. The van der Waals surface area contributed by atoms with E-state index in [0.29, 0.717) is 88.4 Å². The van der Waals surface area contributed by atoms with E-state index < -0.39 is 31.9 Å². The molecule has 7 aromatic rings. The molecule has 3 aromatic carbocycles. The lowest BCUT2D eigenvalue weighted by Gasteiger charge is -2.15. The summed E-state index contributed by atoms with van der Waals surface area (Å²) in [6.45, 7) is 11.2. The van der Waals surface area contributed by atoms with Crippen molar-refractivity contribution in [1.29, 1.82) is 0 Å². The van der Waals surface area contributed by atoms with Crippen molar-refractivity contribution in [1.82, 2.24) is 29.5 Å². The van der Waals surface area contributed by atoms with Crippen LogP contribution in [0.25, 0.3) is 22.5 Å². The number of nitrogens with zero attached hydrogens (tertiary/aromatic N) is 7. The van der Waals surface area contributed by atoms with Crippen LogP contribution in [0.15, 0.2) is 116 Å². The van der Waals surface area contributed by atoms with Gasteiger partial charge in [-0.1, -0.05) is 63.4 Å². The lowest BCUT2D eigenvalue weighted by molar-refractivity contribution is -0.384. The van der Waals surface area contributed by atoms with Gasteiger partial charge < -0.3 is 29.9 Å². The number of carbonyl (C=O) groups excluding carboxylic acids is 2. The highest BCUT2D eigenvalue weighted by Crippen LogP contribution is 2.32. The molecule has 4 aromatic heterocycles. The first-order valence-corrected chi connectivity index (χ1v) is 28.3. The van der Waals surface area contributed by atoms with E-state index in [2.05, 4.69) is 74.3 Å². The first kappa shape index (κ1) is 64.0. The molecule has 0 bridgehead atoms. The number of anilines is 2. The minimum atomic E-state index is -3.75. The van der Waals surface area contributed by atoms with Crippen molar-refractivity contribution >= 4 is 76.7 Å². The highest BCUT2D eigenvalue weighted by atomic mass is 79.9. The Balaban J connectivity index is 0.000000234. The number of H-pyrrole nitrogens is 1. The van der Waals surface area contributed by atoms with Crippen LogP contribution >= 0.6 is 31.9 Å². The van der Waals surface area contributed by atoms with Crippen molar-refractivity contribution < 1.29 is 46.2 Å². The molecule has 81 heavy (non-hydrogen) atoms. The van der Waals surface area contributed by atoms with Gasteiger partial charge in [-0.3, -0.25) is 43.9 Å². The number of methoxy groups -OCH3 is 2. The summed E-state index contributed by atoms with van der Waals surface area (Å²) in [5.41, 5.74) is 6.07. The number of aromatic amines is 1. The molecule has 0 saturated heterocycles. The second kappa shape index (κ2) is 30.1. The number of nitro groups is 2. The maximum absolute atomic E-state index is 12.1. The average Bonchev–Trinajstić information content (AvgIpc) is 3.99. The summed E-state index contributed by atoms with van der Waals surface area (Å²) in [5, 5.41) is 35.7. The number of rotatable bonds is 23. The molecule has 4 heterocycles. The van der Waals surface area contributed by atoms with Gasteiger partial charge in [-0.25, -0.2) is 14.3 Å². The summed E-state index contributed by atoms with van der Waals surface area (Å²) in [5.74, 6) is 0.135. The molecule has 3 N–H and O–H groups in total. The van der Waals surface area contributed by atoms with Gasteiger partial charge in [0.2, 0.25) is 5.88 Å². The second-order valence-corrected chi connectivity index (χ2v) is 22.3. The fourth-order valence-electron chi connectivity index (χ4n) is 7.87. The number of pyridine rings is 2. The van der Waals surface area contributed by atoms with Crippen LogP contribution < -0.4 is 20.9 Å². The summed E-state index contributed by atoms with van der Waals surface area (Å²) in [7, 11) is 2.31. The molecule has 0 saturated carbocycles. The molecular formula is C55H64Br2N10O13S.